The molecule has 2 rings (SSSR count). The first-order chi connectivity index (χ1) is 9.20. The van der Waals surface area contributed by atoms with E-state index in [9.17, 15) is 0 Å². The van der Waals surface area contributed by atoms with E-state index in [2.05, 4.69) is 4.98 Å². The van der Waals surface area contributed by atoms with Crippen molar-refractivity contribution in [3.05, 3.63) is 57.8 Å². The van der Waals surface area contributed by atoms with Crippen LogP contribution in [0.15, 0.2) is 36.7 Å². The molecule has 1 aromatic carbocycles. The van der Waals surface area contributed by atoms with Gasteiger partial charge in [0.25, 0.3) is 0 Å². The number of benzene rings is 1. The van der Waals surface area contributed by atoms with Gasteiger partial charge in [-0.05, 0) is 29.8 Å². The zero-order valence-corrected chi connectivity index (χ0v) is 11.8. The molecule has 100 valence electrons. The zero-order valence-electron chi connectivity index (χ0n) is 10.3. The van der Waals surface area contributed by atoms with Gasteiger partial charge in [-0.15, -0.1) is 0 Å². The fraction of sp³-hybridized carbons (Fsp3) is 0.214. The number of hydrogen-bond acceptors (Lipinski definition) is 3. The summed E-state index contributed by atoms with van der Waals surface area (Å²) in [7, 11) is 0. The topological polar surface area (TPSA) is 48.1 Å². The predicted molar refractivity (Wildman–Crippen MR) is 77.8 cm³/mol. The molecule has 0 bridgehead atoms. The molecule has 0 aliphatic carbocycles. The van der Waals surface area contributed by atoms with E-state index in [-0.39, 0.29) is 0 Å². The molecule has 0 saturated carbocycles. The summed E-state index contributed by atoms with van der Waals surface area (Å²) in [4.78, 5) is 3.97. The monoisotopic (exact) mass is 296 g/mol. The lowest BCUT2D eigenvalue weighted by Crippen LogP contribution is -2.06. The van der Waals surface area contributed by atoms with Gasteiger partial charge in [-0.2, -0.15) is 0 Å². The molecular weight excluding hydrogens is 283 g/mol. The summed E-state index contributed by atoms with van der Waals surface area (Å²) >= 11 is 12.0. The highest BCUT2D eigenvalue weighted by molar-refractivity contribution is 6.35. The van der Waals surface area contributed by atoms with Crippen molar-refractivity contribution in [2.75, 3.05) is 6.61 Å². The van der Waals surface area contributed by atoms with Crippen LogP contribution < -0.4 is 10.5 Å². The summed E-state index contributed by atoms with van der Waals surface area (Å²) in [5, 5.41) is 1.05. The molecule has 0 aliphatic rings. The summed E-state index contributed by atoms with van der Waals surface area (Å²) in [6.45, 7) is 0.864. The molecule has 0 spiro atoms. The van der Waals surface area contributed by atoms with Crippen molar-refractivity contribution in [1.82, 2.24) is 4.98 Å². The van der Waals surface area contributed by atoms with E-state index >= 15 is 0 Å². The second-order valence-electron chi connectivity index (χ2n) is 4.03. The molecule has 5 heteroatoms. The van der Waals surface area contributed by atoms with Crippen LogP contribution in [0, 0.1) is 0 Å². The number of nitrogens with two attached hydrogens (primary N) is 1. The Morgan fingerprint density at radius 3 is 2.58 bits per heavy atom. The largest absolute Gasteiger partial charge is 0.491 e. The van der Waals surface area contributed by atoms with Crippen LogP contribution in [0.25, 0.3) is 0 Å². The van der Waals surface area contributed by atoms with Gasteiger partial charge in [0.05, 0.1) is 11.6 Å². The molecule has 0 amide bonds. The van der Waals surface area contributed by atoms with Gasteiger partial charge in [0, 0.05) is 35.9 Å². The maximum Gasteiger partial charge on any atom is 0.142 e. The third kappa shape index (κ3) is 3.83. The number of pyridine rings is 1. The van der Waals surface area contributed by atoms with Crippen molar-refractivity contribution in [3.8, 4) is 5.75 Å². The van der Waals surface area contributed by atoms with Gasteiger partial charge in [-0.3, -0.25) is 4.98 Å². The second kappa shape index (κ2) is 6.75. The van der Waals surface area contributed by atoms with Gasteiger partial charge in [0.1, 0.15) is 5.75 Å². The van der Waals surface area contributed by atoms with E-state index in [0.717, 1.165) is 17.5 Å². The van der Waals surface area contributed by atoms with Crippen LogP contribution in [0.5, 0.6) is 5.75 Å². The van der Waals surface area contributed by atoms with Crippen molar-refractivity contribution in [1.29, 1.82) is 0 Å². The highest BCUT2D eigenvalue weighted by Crippen LogP contribution is 2.32. The molecule has 0 radical (unpaired) electrons. The molecule has 0 saturated heterocycles. The number of rotatable bonds is 5. The Labute approximate surface area is 122 Å². The Balaban J connectivity index is 2.03. The summed E-state index contributed by atoms with van der Waals surface area (Å²) in [5.41, 5.74) is 7.64. The first-order valence-electron chi connectivity index (χ1n) is 5.90. The molecule has 0 fully saturated rings. The minimum atomic E-state index is 0.338. The lowest BCUT2D eigenvalue weighted by molar-refractivity contribution is 0.319. The van der Waals surface area contributed by atoms with Gasteiger partial charge in [-0.1, -0.05) is 23.2 Å². The van der Waals surface area contributed by atoms with Gasteiger partial charge in [0.15, 0.2) is 0 Å². The van der Waals surface area contributed by atoms with E-state index in [0.29, 0.717) is 28.9 Å². The van der Waals surface area contributed by atoms with Crippen LogP contribution in [-0.4, -0.2) is 11.6 Å². The Hall–Kier alpha value is -1.29. The number of halogens is 2. The fourth-order valence-electron chi connectivity index (χ4n) is 1.75. The molecule has 0 unspecified atom stereocenters. The minimum absolute atomic E-state index is 0.338. The van der Waals surface area contributed by atoms with Crippen molar-refractivity contribution in [3.63, 3.8) is 0 Å². The van der Waals surface area contributed by atoms with Gasteiger partial charge in [0.2, 0.25) is 0 Å². The molecule has 0 aliphatic heterocycles. The first kappa shape index (κ1) is 14.1. The van der Waals surface area contributed by atoms with E-state index in [1.54, 1.807) is 24.5 Å². The third-order valence-electron chi connectivity index (χ3n) is 2.69. The van der Waals surface area contributed by atoms with Crippen molar-refractivity contribution >= 4 is 23.2 Å². The summed E-state index contributed by atoms with van der Waals surface area (Å²) < 4.78 is 5.73. The van der Waals surface area contributed by atoms with Crippen molar-refractivity contribution in [2.24, 2.45) is 5.73 Å². The molecule has 3 nitrogen and oxygen atoms in total. The summed E-state index contributed by atoms with van der Waals surface area (Å²) in [5.74, 6) is 0.614. The average Bonchev–Trinajstić information content (AvgIpc) is 2.42. The highest BCUT2D eigenvalue weighted by Gasteiger charge is 2.09. The quantitative estimate of drug-likeness (QED) is 0.919. The zero-order chi connectivity index (χ0) is 13.7. The number of ether oxygens (including phenoxy) is 1. The Morgan fingerprint density at radius 1 is 1.16 bits per heavy atom. The van der Waals surface area contributed by atoms with Crippen LogP contribution in [0.3, 0.4) is 0 Å². The standard InChI is InChI=1S/C14H14Cl2N2O/c15-12-7-11(9-17)14(13(16)8-12)19-6-3-10-1-4-18-5-2-10/h1-2,4-5,7-8H,3,6,9,17H2. The van der Waals surface area contributed by atoms with Crippen LogP contribution >= 0.6 is 23.2 Å². The van der Waals surface area contributed by atoms with Gasteiger partial charge < -0.3 is 10.5 Å². The molecule has 1 aromatic heterocycles. The lowest BCUT2D eigenvalue weighted by atomic mass is 10.2. The Kier molecular flexibility index (Phi) is 5.02. The van der Waals surface area contributed by atoms with Crippen molar-refractivity contribution < 1.29 is 4.74 Å². The molecule has 19 heavy (non-hydrogen) atoms. The molecule has 2 aromatic rings. The van der Waals surface area contributed by atoms with Crippen LogP contribution in [0.4, 0.5) is 0 Å². The average molecular weight is 297 g/mol. The van der Waals surface area contributed by atoms with Gasteiger partial charge >= 0.3 is 0 Å². The predicted octanol–water partition coefficient (Wildman–Crippen LogP) is 3.47. The SMILES string of the molecule is NCc1cc(Cl)cc(Cl)c1OCCc1ccncc1. The van der Waals surface area contributed by atoms with Crippen LogP contribution in [0.2, 0.25) is 10.0 Å². The van der Waals surface area contributed by atoms with E-state index in [4.69, 9.17) is 33.7 Å². The van der Waals surface area contributed by atoms with E-state index in [1.165, 1.54) is 0 Å². The number of hydrogen-bond donors (Lipinski definition) is 1. The number of nitrogens with zero attached hydrogens (tertiary/aromatic N) is 1. The van der Waals surface area contributed by atoms with E-state index < -0.39 is 0 Å². The maximum atomic E-state index is 6.12. The van der Waals surface area contributed by atoms with Gasteiger partial charge in [-0.25, -0.2) is 0 Å². The Bertz CT molecular complexity index is 547. The molecule has 2 N–H and O–H groups in total. The summed E-state index contributed by atoms with van der Waals surface area (Å²) in [6, 6.07) is 7.34. The smallest absolute Gasteiger partial charge is 0.142 e. The maximum absolute atomic E-state index is 6.12. The second-order valence-corrected chi connectivity index (χ2v) is 4.88. The fourth-order valence-corrected chi connectivity index (χ4v) is 2.34. The first-order valence-corrected chi connectivity index (χ1v) is 6.66. The van der Waals surface area contributed by atoms with Crippen LogP contribution in [-0.2, 0) is 13.0 Å². The lowest BCUT2D eigenvalue weighted by Gasteiger charge is -2.12. The number of aromatic nitrogens is 1. The van der Waals surface area contributed by atoms with Crippen molar-refractivity contribution in [2.45, 2.75) is 13.0 Å². The molecular formula is C14H14Cl2N2O. The Morgan fingerprint density at radius 2 is 1.89 bits per heavy atom. The normalized spacial score (nSPS) is 10.5. The molecule has 1 heterocycles. The van der Waals surface area contributed by atoms with E-state index in [1.807, 2.05) is 12.1 Å². The van der Waals surface area contributed by atoms with Crippen LogP contribution in [0.1, 0.15) is 11.1 Å². The molecule has 0 atom stereocenters. The minimum Gasteiger partial charge on any atom is -0.491 e. The highest BCUT2D eigenvalue weighted by atomic mass is 35.5. The third-order valence-corrected chi connectivity index (χ3v) is 3.19. The summed E-state index contributed by atoms with van der Waals surface area (Å²) in [6.07, 6.45) is 4.30.